The van der Waals surface area contributed by atoms with Crippen molar-refractivity contribution in [3.63, 3.8) is 0 Å². The third-order valence-corrected chi connectivity index (χ3v) is 17.4. The van der Waals surface area contributed by atoms with Crippen LogP contribution in [-0.2, 0) is 39.8 Å². The average molecular weight is 600 g/mol. The fourth-order valence-corrected chi connectivity index (χ4v) is 11.9. The van der Waals surface area contributed by atoms with Crippen molar-refractivity contribution in [1.29, 1.82) is 0 Å². The highest BCUT2D eigenvalue weighted by Gasteiger charge is 2.49. The van der Waals surface area contributed by atoms with Gasteiger partial charge in [0.25, 0.3) is 0 Å². The lowest BCUT2D eigenvalue weighted by Crippen LogP contribution is -2.44. The quantitative estimate of drug-likeness (QED) is 0.172. The van der Waals surface area contributed by atoms with Crippen molar-refractivity contribution < 1.29 is 39.8 Å². The second kappa shape index (κ2) is 17.9. The molecule has 0 amide bonds. The minimum Gasteiger partial charge on any atom is -0.377 e. The Balaban J connectivity index is 3.17. The normalized spacial score (nSPS) is 20.4. The van der Waals surface area contributed by atoms with Gasteiger partial charge in [-0.15, -0.1) is 0 Å². The molecule has 1 rings (SSSR count). The summed E-state index contributed by atoms with van der Waals surface area (Å²) in [4.78, 5) is 0. The van der Waals surface area contributed by atoms with Gasteiger partial charge >= 0.3 is 26.4 Å². The lowest BCUT2D eigenvalue weighted by Gasteiger charge is -2.40. The van der Waals surface area contributed by atoms with Crippen LogP contribution in [0.2, 0.25) is 18.1 Å². The van der Waals surface area contributed by atoms with Crippen molar-refractivity contribution in [1.82, 2.24) is 5.32 Å². The Morgan fingerprint density at radius 1 is 0.605 bits per heavy atom. The summed E-state index contributed by atoms with van der Waals surface area (Å²) in [5.41, 5.74) is 0.198. The standard InChI is InChI=1S/C25H57NO9Si3/c1-26-22-23-15-18-25(16-12-20-37(30-5,31-6)32-7,17-13-21-38(33-8,34-9)35-10)24(23)14-11-19-36(27-2,28-3)29-4/h23-24,26H,11-22H2,1-10H3. The maximum absolute atomic E-state index is 5.73. The highest BCUT2D eigenvalue weighted by atomic mass is 28.4. The molecule has 0 aromatic carbocycles. The Morgan fingerprint density at radius 3 is 1.32 bits per heavy atom. The van der Waals surface area contributed by atoms with Gasteiger partial charge in [-0.2, -0.15) is 0 Å². The third-order valence-electron chi connectivity index (χ3n) is 8.95. The monoisotopic (exact) mass is 599 g/mol. The zero-order chi connectivity index (χ0) is 28.7. The van der Waals surface area contributed by atoms with E-state index in [0.717, 1.165) is 63.2 Å². The van der Waals surface area contributed by atoms with E-state index in [1.807, 2.05) is 0 Å². The summed E-state index contributed by atoms with van der Waals surface area (Å²) in [5, 5.41) is 3.46. The van der Waals surface area contributed by atoms with Crippen molar-refractivity contribution >= 4 is 26.4 Å². The molecular formula is C25H57NO9Si3. The molecule has 1 fully saturated rings. The summed E-state index contributed by atoms with van der Waals surface area (Å²) >= 11 is 0. The summed E-state index contributed by atoms with van der Waals surface area (Å²) in [7, 11) is 9.42. The van der Waals surface area contributed by atoms with E-state index >= 15 is 0 Å². The van der Waals surface area contributed by atoms with Crippen LogP contribution in [0.25, 0.3) is 0 Å². The minimum atomic E-state index is -2.63. The molecule has 0 aliphatic heterocycles. The minimum absolute atomic E-state index is 0.198. The van der Waals surface area contributed by atoms with Crippen molar-refractivity contribution in [2.75, 3.05) is 77.6 Å². The summed E-state index contributed by atoms with van der Waals surface area (Å²) in [6.45, 7) is 1.02. The van der Waals surface area contributed by atoms with E-state index in [4.69, 9.17) is 39.8 Å². The molecule has 2 atom stereocenters. The Kier molecular flexibility index (Phi) is 17.1. The van der Waals surface area contributed by atoms with Gasteiger partial charge in [-0.3, -0.25) is 0 Å². The van der Waals surface area contributed by atoms with E-state index in [1.54, 1.807) is 64.0 Å². The number of rotatable bonds is 23. The second-order valence-corrected chi connectivity index (χ2v) is 19.6. The van der Waals surface area contributed by atoms with Gasteiger partial charge < -0.3 is 45.2 Å². The smallest absolute Gasteiger partial charge is 0.377 e. The Hall–Kier alpha value is 0.251. The molecule has 13 heteroatoms. The van der Waals surface area contributed by atoms with E-state index in [0.29, 0.717) is 11.8 Å². The van der Waals surface area contributed by atoms with Gasteiger partial charge in [0.05, 0.1) is 0 Å². The van der Waals surface area contributed by atoms with Crippen molar-refractivity contribution in [2.24, 2.45) is 17.3 Å². The highest BCUT2D eigenvalue weighted by Crippen LogP contribution is 2.55. The van der Waals surface area contributed by atoms with Gasteiger partial charge in [-0.05, 0) is 82.2 Å². The summed E-state index contributed by atoms with van der Waals surface area (Å²) in [6.07, 6.45) is 8.74. The molecule has 1 aliphatic carbocycles. The zero-order valence-corrected chi connectivity index (χ0v) is 28.8. The van der Waals surface area contributed by atoms with Gasteiger partial charge in [0.2, 0.25) is 0 Å². The summed E-state index contributed by atoms with van der Waals surface area (Å²) < 4.78 is 51.5. The molecule has 0 aromatic rings. The van der Waals surface area contributed by atoms with Crippen LogP contribution in [0.1, 0.15) is 51.4 Å². The van der Waals surface area contributed by atoms with E-state index < -0.39 is 26.4 Å². The first-order valence-electron chi connectivity index (χ1n) is 13.8. The number of hydrogen-bond donors (Lipinski definition) is 1. The SMILES string of the molecule is CNCC1CCC(CCC[Si](OC)(OC)OC)(CCC[Si](OC)(OC)OC)C1CCC[Si](OC)(OC)OC. The molecule has 0 bridgehead atoms. The summed E-state index contributed by atoms with van der Waals surface area (Å²) in [6, 6.07) is 2.43. The topological polar surface area (TPSA) is 95.1 Å². The average Bonchev–Trinajstić information content (AvgIpc) is 3.29. The lowest BCUT2D eigenvalue weighted by atomic mass is 9.68. The van der Waals surface area contributed by atoms with Crippen LogP contribution < -0.4 is 5.32 Å². The second-order valence-electron chi connectivity index (χ2n) is 10.3. The van der Waals surface area contributed by atoms with Crippen LogP contribution >= 0.6 is 0 Å². The van der Waals surface area contributed by atoms with Gasteiger partial charge in [0.1, 0.15) is 0 Å². The van der Waals surface area contributed by atoms with Gasteiger partial charge in [0, 0.05) is 82.1 Å². The van der Waals surface area contributed by atoms with Crippen molar-refractivity contribution in [3.8, 4) is 0 Å². The van der Waals surface area contributed by atoms with Crippen molar-refractivity contribution in [3.05, 3.63) is 0 Å². The van der Waals surface area contributed by atoms with E-state index in [1.165, 1.54) is 12.8 Å². The lowest BCUT2D eigenvalue weighted by molar-refractivity contribution is 0.0971. The Labute approximate surface area is 235 Å². The van der Waals surface area contributed by atoms with Crippen LogP contribution in [0.3, 0.4) is 0 Å². The van der Waals surface area contributed by atoms with Gasteiger partial charge in [-0.1, -0.05) is 0 Å². The van der Waals surface area contributed by atoms with Crippen LogP contribution in [0, 0.1) is 17.3 Å². The van der Waals surface area contributed by atoms with Crippen molar-refractivity contribution in [2.45, 2.75) is 69.5 Å². The van der Waals surface area contributed by atoms with Crippen LogP contribution in [0.5, 0.6) is 0 Å². The largest absolute Gasteiger partial charge is 0.500 e. The molecule has 228 valence electrons. The molecule has 0 saturated heterocycles. The number of nitrogens with one attached hydrogen (secondary N) is 1. The van der Waals surface area contributed by atoms with Crippen LogP contribution in [0.4, 0.5) is 0 Å². The zero-order valence-electron chi connectivity index (χ0n) is 25.8. The first-order chi connectivity index (χ1) is 18.2. The molecule has 0 heterocycles. The van der Waals surface area contributed by atoms with E-state index in [-0.39, 0.29) is 5.41 Å². The first kappa shape index (κ1) is 36.3. The van der Waals surface area contributed by atoms with Gasteiger partial charge in [0.15, 0.2) is 0 Å². The first-order valence-corrected chi connectivity index (χ1v) is 19.6. The van der Waals surface area contributed by atoms with Crippen LogP contribution in [0.15, 0.2) is 0 Å². The molecule has 38 heavy (non-hydrogen) atoms. The Bertz CT molecular complexity index is 572. The maximum Gasteiger partial charge on any atom is 0.500 e. The van der Waals surface area contributed by atoms with E-state index in [9.17, 15) is 0 Å². The molecule has 10 nitrogen and oxygen atoms in total. The molecule has 1 N–H and O–H groups in total. The third kappa shape index (κ3) is 9.39. The molecule has 0 spiro atoms. The Morgan fingerprint density at radius 2 is 0.974 bits per heavy atom. The van der Waals surface area contributed by atoms with Crippen LogP contribution in [-0.4, -0.2) is 104 Å². The molecule has 0 aromatic heterocycles. The molecule has 0 radical (unpaired) electrons. The predicted octanol–water partition coefficient (Wildman–Crippen LogP) is 4.19. The number of hydrogen-bond acceptors (Lipinski definition) is 10. The fourth-order valence-electron chi connectivity index (χ4n) is 6.67. The molecular weight excluding hydrogens is 543 g/mol. The predicted molar refractivity (Wildman–Crippen MR) is 155 cm³/mol. The molecule has 1 saturated carbocycles. The van der Waals surface area contributed by atoms with E-state index in [2.05, 4.69) is 12.4 Å². The fraction of sp³-hybridized carbons (Fsp3) is 1.00. The summed E-state index contributed by atoms with van der Waals surface area (Å²) in [5.74, 6) is 1.19. The highest BCUT2D eigenvalue weighted by molar-refractivity contribution is 6.61. The molecule has 2 unspecified atom stereocenters. The van der Waals surface area contributed by atoms with Gasteiger partial charge in [-0.25, -0.2) is 0 Å². The molecule has 1 aliphatic rings. The maximum atomic E-state index is 5.73.